The van der Waals surface area contributed by atoms with E-state index in [1.54, 1.807) is 0 Å². The second-order valence-corrected chi connectivity index (χ2v) is 4.64. The number of rotatable bonds is 2. The maximum Gasteiger partial charge on any atom is 0.139 e. The van der Waals surface area contributed by atoms with Crippen LogP contribution in [0, 0.1) is 4.91 Å². The van der Waals surface area contributed by atoms with Gasteiger partial charge in [-0.25, -0.2) is 0 Å². The number of benzene rings is 3. The molecule has 0 aliphatic heterocycles. The summed E-state index contributed by atoms with van der Waals surface area (Å²) < 4.78 is 0. The van der Waals surface area contributed by atoms with Crippen LogP contribution in [0.2, 0.25) is 0 Å². The zero-order valence-corrected chi connectivity index (χ0v) is 10.9. The molecule has 0 bridgehead atoms. The van der Waals surface area contributed by atoms with Crippen LogP contribution >= 0.6 is 0 Å². The van der Waals surface area contributed by atoms with Crippen molar-refractivity contribution < 1.29 is 25.6 Å². The summed E-state index contributed by atoms with van der Waals surface area (Å²) in [5.74, 6) is -1.87. The lowest BCUT2D eigenvalue weighted by Crippen LogP contribution is -1.92. The number of nitroso groups, excluding NO2 is 1. The highest BCUT2D eigenvalue weighted by molar-refractivity contribution is 6.20. The van der Waals surface area contributed by atoms with Gasteiger partial charge in [0.2, 0.25) is 0 Å². The Hall–Kier alpha value is -3.26. The predicted molar refractivity (Wildman–Crippen MR) is 79.0 cm³/mol. The lowest BCUT2D eigenvalue weighted by molar-refractivity contribution is 0.389. The highest BCUT2D eigenvalue weighted by atomic mass is 16.5. The van der Waals surface area contributed by atoms with Crippen LogP contribution in [-0.4, -0.2) is 25.6 Å². The number of nitrogens with one attached hydrogen (secondary N) is 1. The minimum atomic E-state index is -0.555. The lowest BCUT2D eigenvalue weighted by Gasteiger charge is -2.15. The van der Waals surface area contributed by atoms with E-state index in [0.29, 0.717) is 0 Å². The van der Waals surface area contributed by atoms with Crippen LogP contribution in [0.15, 0.2) is 29.4 Å². The van der Waals surface area contributed by atoms with E-state index in [2.05, 4.69) is 5.18 Å². The summed E-state index contributed by atoms with van der Waals surface area (Å²) in [7, 11) is 0. The van der Waals surface area contributed by atoms with Gasteiger partial charge < -0.3 is 20.4 Å². The number of aromatic hydroxyl groups is 4. The van der Waals surface area contributed by atoms with E-state index in [0.717, 1.165) is 6.07 Å². The predicted octanol–water partition coefficient (Wildman–Crippen LogP) is 3.01. The van der Waals surface area contributed by atoms with Crippen LogP contribution in [0.3, 0.4) is 0 Å². The molecule has 0 spiro atoms. The average Bonchev–Trinajstić information content (AvgIpc) is 2.52. The first-order valence-corrected chi connectivity index (χ1v) is 6.10. The van der Waals surface area contributed by atoms with Crippen molar-refractivity contribution in [2.24, 2.45) is 5.18 Å². The normalized spacial score (nSPS) is 11.0. The second-order valence-electron chi connectivity index (χ2n) is 4.64. The zero-order chi connectivity index (χ0) is 16.0. The average molecular weight is 302 g/mol. The first kappa shape index (κ1) is 13.7. The maximum atomic E-state index is 10.9. The largest absolute Gasteiger partial charge is 0.507 e. The molecule has 0 fully saturated rings. The molecule has 3 rings (SSSR count). The molecule has 8 nitrogen and oxygen atoms in total. The van der Waals surface area contributed by atoms with Gasteiger partial charge in [0.05, 0.1) is 27.2 Å². The van der Waals surface area contributed by atoms with Crippen LogP contribution in [0.5, 0.6) is 23.0 Å². The molecule has 22 heavy (non-hydrogen) atoms. The van der Waals surface area contributed by atoms with E-state index in [-0.39, 0.29) is 38.7 Å². The Kier molecular flexibility index (Phi) is 2.89. The molecular weight excluding hydrogens is 292 g/mol. The van der Waals surface area contributed by atoms with Crippen molar-refractivity contribution in [3.8, 4) is 23.0 Å². The molecule has 112 valence electrons. The standard InChI is InChI=1S/C14H10N2O6/c17-7-3-1-5(15-21)9-11(7)14(20)12-8(18)4-2-6(16-22)10(12)13(9)19/h1-4,15,17-21H. The van der Waals surface area contributed by atoms with Crippen LogP contribution in [0.1, 0.15) is 0 Å². The van der Waals surface area contributed by atoms with Gasteiger partial charge in [0.15, 0.2) is 0 Å². The van der Waals surface area contributed by atoms with Crippen molar-refractivity contribution in [2.75, 3.05) is 5.48 Å². The smallest absolute Gasteiger partial charge is 0.139 e. The first-order valence-electron chi connectivity index (χ1n) is 6.10. The summed E-state index contributed by atoms with van der Waals surface area (Å²) in [6.07, 6.45) is 0. The Bertz CT molecular complexity index is 938. The van der Waals surface area contributed by atoms with Crippen molar-refractivity contribution in [3.05, 3.63) is 29.2 Å². The summed E-state index contributed by atoms with van der Waals surface area (Å²) in [5.41, 5.74) is 1.60. The number of hydrogen-bond acceptors (Lipinski definition) is 8. The topological polar surface area (TPSA) is 143 Å². The van der Waals surface area contributed by atoms with Gasteiger partial charge in [-0.2, -0.15) is 0 Å². The number of phenolic OH excluding ortho intramolecular Hbond substituents is 4. The molecule has 0 aliphatic rings. The number of hydrogen-bond donors (Lipinski definition) is 6. The molecule has 0 aromatic heterocycles. The van der Waals surface area contributed by atoms with Crippen molar-refractivity contribution >= 4 is 32.9 Å². The van der Waals surface area contributed by atoms with Crippen LogP contribution in [0.25, 0.3) is 21.5 Å². The fraction of sp³-hybridized carbons (Fsp3) is 0. The maximum absolute atomic E-state index is 10.9. The van der Waals surface area contributed by atoms with Crippen molar-refractivity contribution in [1.82, 2.24) is 0 Å². The Morgan fingerprint density at radius 1 is 0.773 bits per heavy atom. The van der Waals surface area contributed by atoms with E-state index in [4.69, 9.17) is 5.21 Å². The Balaban J connectivity index is 2.74. The second kappa shape index (κ2) is 4.64. The van der Waals surface area contributed by atoms with Gasteiger partial charge in [-0.3, -0.25) is 10.7 Å². The van der Waals surface area contributed by atoms with E-state index in [1.807, 2.05) is 5.48 Å². The minimum Gasteiger partial charge on any atom is -0.507 e. The number of anilines is 1. The molecule has 0 saturated heterocycles. The van der Waals surface area contributed by atoms with Crippen LogP contribution in [0.4, 0.5) is 11.4 Å². The minimum absolute atomic E-state index is 0.0114. The van der Waals surface area contributed by atoms with Gasteiger partial charge >= 0.3 is 0 Å². The quantitative estimate of drug-likeness (QED) is 0.185. The molecule has 3 aromatic carbocycles. The molecule has 0 heterocycles. The number of phenols is 4. The van der Waals surface area contributed by atoms with Gasteiger partial charge in [0.1, 0.15) is 28.7 Å². The van der Waals surface area contributed by atoms with E-state index in [9.17, 15) is 25.3 Å². The molecule has 0 radical (unpaired) electrons. The highest BCUT2D eigenvalue weighted by Crippen LogP contribution is 2.52. The Morgan fingerprint density at radius 3 is 1.91 bits per heavy atom. The highest BCUT2D eigenvalue weighted by Gasteiger charge is 2.23. The van der Waals surface area contributed by atoms with Gasteiger partial charge in [0.25, 0.3) is 0 Å². The van der Waals surface area contributed by atoms with Gasteiger partial charge in [-0.15, -0.1) is 4.91 Å². The van der Waals surface area contributed by atoms with E-state index >= 15 is 0 Å². The monoisotopic (exact) mass is 302 g/mol. The summed E-state index contributed by atoms with van der Waals surface area (Å²) in [4.78, 5) is 10.9. The fourth-order valence-electron chi connectivity index (χ4n) is 2.56. The third-order valence-electron chi connectivity index (χ3n) is 3.51. The first-order chi connectivity index (χ1) is 10.5. The molecule has 0 amide bonds. The SMILES string of the molecule is O=Nc1ccc(O)c2c(O)c3c(O)ccc(NO)c3c(O)c12. The molecule has 3 aromatic rings. The van der Waals surface area contributed by atoms with Crippen LogP contribution in [-0.2, 0) is 0 Å². The summed E-state index contributed by atoms with van der Waals surface area (Å²) >= 11 is 0. The molecule has 8 heteroatoms. The van der Waals surface area contributed by atoms with E-state index < -0.39 is 17.2 Å². The Morgan fingerprint density at radius 2 is 1.32 bits per heavy atom. The van der Waals surface area contributed by atoms with Crippen molar-refractivity contribution in [1.29, 1.82) is 0 Å². The lowest BCUT2D eigenvalue weighted by atomic mass is 9.97. The number of nitrogens with zero attached hydrogens (tertiary/aromatic N) is 1. The zero-order valence-electron chi connectivity index (χ0n) is 10.9. The molecule has 0 unspecified atom stereocenters. The molecular formula is C14H10N2O6. The number of fused-ring (bicyclic) bond motifs is 2. The third-order valence-corrected chi connectivity index (χ3v) is 3.51. The summed E-state index contributed by atoms with van der Waals surface area (Å²) in [6.45, 7) is 0. The van der Waals surface area contributed by atoms with Gasteiger partial charge in [-0.1, -0.05) is 0 Å². The Labute approximate surface area is 122 Å². The fourth-order valence-corrected chi connectivity index (χ4v) is 2.56. The molecule has 0 aliphatic carbocycles. The summed E-state index contributed by atoms with van der Waals surface area (Å²) in [5, 5.41) is 51.8. The van der Waals surface area contributed by atoms with E-state index in [1.165, 1.54) is 18.2 Å². The van der Waals surface area contributed by atoms with Crippen molar-refractivity contribution in [3.63, 3.8) is 0 Å². The van der Waals surface area contributed by atoms with Gasteiger partial charge in [0, 0.05) is 0 Å². The molecule has 0 saturated carbocycles. The summed E-state index contributed by atoms with van der Waals surface area (Å²) in [6, 6.07) is 4.75. The van der Waals surface area contributed by atoms with Crippen LogP contribution < -0.4 is 5.48 Å². The molecule has 6 N–H and O–H groups in total. The van der Waals surface area contributed by atoms with Gasteiger partial charge in [-0.05, 0) is 29.4 Å². The third kappa shape index (κ3) is 1.61. The molecule has 0 atom stereocenters. The van der Waals surface area contributed by atoms with Crippen molar-refractivity contribution in [2.45, 2.75) is 0 Å².